The van der Waals surface area contributed by atoms with Crippen LogP contribution in [-0.2, 0) is 25.5 Å². The van der Waals surface area contributed by atoms with Crippen molar-refractivity contribution in [3.8, 4) is 0 Å². The van der Waals surface area contributed by atoms with Crippen molar-refractivity contribution >= 4 is 11.9 Å². The highest BCUT2D eigenvalue weighted by Crippen LogP contribution is 2.13. The summed E-state index contributed by atoms with van der Waals surface area (Å²) in [5, 5.41) is 0. The van der Waals surface area contributed by atoms with Gasteiger partial charge in [0.15, 0.2) is 5.92 Å². The van der Waals surface area contributed by atoms with Crippen LogP contribution >= 0.6 is 0 Å². The number of rotatable bonds is 7. The monoisotopic (exact) mass is 264 g/mol. The summed E-state index contributed by atoms with van der Waals surface area (Å²) >= 11 is 0. The molecule has 0 aliphatic rings. The molecule has 0 fully saturated rings. The van der Waals surface area contributed by atoms with Crippen LogP contribution < -0.4 is 0 Å². The summed E-state index contributed by atoms with van der Waals surface area (Å²) in [5.41, 5.74) is 1.08. The zero-order valence-corrected chi connectivity index (χ0v) is 11.4. The zero-order valence-electron chi connectivity index (χ0n) is 11.4. The first-order valence-electron chi connectivity index (χ1n) is 6.56. The third-order valence-corrected chi connectivity index (χ3v) is 2.71. The number of benzene rings is 1. The molecule has 0 aliphatic heterocycles. The Bertz CT molecular complexity index is 382. The van der Waals surface area contributed by atoms with Crippen molar-refractivity contribution in [3.05, 3.63) is 35.9 Å². The second kappa shape index (κ2) is 8.29. The number of aryl methyl sites for hydroxylation is 1. The SMILES string of the molecule is CCOC(=O)C(CCc1ccccc1)C(=O)OCC. The van der Waals surface area contributed by atoms with E-state index in [1.807, 2.05) is 30.3 Å². The van der Waals surface area contributed by atoms with E-state index >= 15 is 0 Å². The maximum atomic E-state index is 11.8. The lowest BCUT2D eigenvalue weighted by molar-refractivity contribution is -0.161. The number of ether oxygens (including phenoxy) is 2. The van der Waals surface area contributed by atoms with Crippen LogP contribution in [0.25, 0.3) is 0 Å². The van der Waals surface area contributed by atoms with E-state index in [-0.39, 0.29) is 13.2 Å². The Morgan fingerprint density at radius 2 is 1.53 bits per heavy atom. The normalized spacial score (nSPS) is 10.3. The first-order chi connectivity index (χ1) is 9.19. The number of esters is 2. The van der Waals surface area contributed by atoms with Gasteiger partial charge in [-0.2, -0.15) is 0 Å². The number of hydrogen-bond donors (Lipinski definition) is 0. The Labute approximate surface area is 113 Å². The van der Waals surface area contributed by atoms with Crippen molar-refractivity contribution in [2.75, 3.05) is 13.2 Å². The van der Waals surface area contributed by atoms with Crippen LogP contribution in [0, 0.1) is 5.92 Å². The molecule has 1 aromatic carbocycles. The third-order valence-electron chi connectivity index (χ3n) is 2.71. The molecule has 0 saturated carbocycles. The van der Waals surface area contributed by atoms with E-state index in [9.17, 15) is 9.59 Å². The van der Waals surface area contributed by atoms with Crippen LogP contribution in [0.4, 0.5) is 0 Å². The quantitative estimate of drug-likeness (QED) is 0.560. The van der Waals surface area contributed by atoms with Gasteiger partial charge < -0.3 is 9.47 Å². The molecule has 0 aromatic heterocycles. The predicted molar refractivity (Wildman–Crippen MR) is 71.5 cm³/mol. The van der Waals surface area contributed by atoms with Gasteiger partial charge >= 0.3 is 11.9 Å². The molecule has 0 unspecified atom stereocenters. The van der Waals surface area contributed by atoms with E-state index in [1.54, 1.807) is 13.8 Å². The minimum absolute atomic E-state index is 0.264. The van der Waals surface area contributed by atoms with Gasteiger partial charge in [-0.15, -0.1) is 0 Å². The molecule has 0 N–H and O–H groups in total. The summed E-state index contributed by atoms with van der Waals surface area (Å²) in [4.78, 5) is 23.5. The third kappa shape index (κ3) is 5.12. The van der Waals surface area contributed by atoms with Crippen LogP contribution in [-0.4, -0.2) is 25.2 Å². The van der Waals surface area contributed by atoms with Gasteiger partial charge in [0.05, 0.1) is 13.2 Å². The highest BCUT2D eigenvalue weighted by Gasteiger charge is 2.28. The minimum Gasteiger partial charge on any atom is -0.465 e. The molecule has 0 bridgehead atoms. The molecule has 4 nitrogen and oxygen atoms in total. The van der Waals surface area contributed by atoms with Gasteiger partial charge in [-0.25, -0.2) is 0 Å². The lowest BCUT2D eigenvalue weighted by atomic mass is 9.99. The second-order valence-corrected chi connectivity index (χ2v) is 4.08. The zero-order chi connectivity index (χ0) is 14.1. The molecule has 0 atom stereocenters. The fraction of sp³-hybridized carbons (Fsp3) is 0.467. The first-order valence-corrected chi connectivity index (χ1v) is 6.56. The molecule has 0 amide bonds. The lowest BCUT2D eigenvalue weighted by Crippen LogP contribution is -2.28. The topological polar surface area (TPSA) is 52.6 Å². The van der Waals surface area contributed by atoms with E-state index in [0.29, 0.717) is 12.8 Å². The fourth-order valence-electron chi connectivity index (χ4n) is 1.77. The van der Waals surface area contributed by atoms with Crippen LogP contribution in [0.2, 0.25) is 0 Å². The standard InChI is InChI=1S/C15H20O4/c1-3-18-14(16)13(15(17)19-4-2)11-10-12-8-6-5-7-9-12/h5-9,13H,3-4,10-11H2,1-2H3. The molecule has 4 heteroatoms. The van der Waals surface area contributed by atoms with Gasteiger partial charge in [0.25, 0.3) is 0 Å². The van der Waals surface area contributed by atoms with E-state index in [4.69, 9.17) is 9.47 Å². The van der Waals surface area contributed by atoms with Gasteiger partial charge in [0, 0.05) is 0 Å². The summed E-state index contributed by atoms with van der Waals surface area (Å²) in [6, 6.07) is 9.72. The summed E-state index contributed by atoms with van der Waals surface area (Å²) < 4.78 is 9.84. The maximum Gasteiger partial charge on any atom is 0.320 e. The molecule has 0 aliphatic carbocycles. The molecule has 0 radical (unpaired) electrons. The van der Waals surface area contributed by atoms with E-state index in [1.165, 1.54) is 0 Å². The molecule has 19 heavy (non-hydrogen) atoms. The van der Waals surface area contributed by atoms with Gasteiger partial charge in [-0.1, -0.05) is 30.3 Å². The van der Waals surface area contributed by atoms with Crippen molar-refractivity contribution < 1.29 is 19.1 Å². The van der Waals surface area contributed by atoms with E-state index in [0.717, 1.165) is 5.56 Å². The highest BCUT2D eigenvalue weighted by molar-refractivity contribution is 5.94. The molecular weight excluding hydrogens is 244 g/mol. The van der Waals surface area contributed by atoms with Crippen molar-refractivity contribution in [1.82, 2.24) is 0 Å². The molecular formula is C15H20O4. The summed E-state index contributed by atoms with van der Waals surface area (Å²) in [5.74, 6) is -1.84. The van der Waals surface area contributed by atoms with Crippen LogP contribution in [0.1, 0.15) is 25.8 Å². The highest BCUT2D eigenvalue weighted by atomic mass is 16.6. The Morgan fingerprint density at radius 1 is 1.00 bits per heavy atom. The van der Waals surface area contributed by atoms with Crippen molar-refractivity contribution in [2.24, 2.45) is 5.92 Å². The minimum atomic E-state index is -0.833. The molecule has 1 aromatic rings. The molecule has 0 spiro atoms. The molecule has 104 valence electrons. The van der Waals surface area contributed by atoms with Crippen LogP contribution in [0.5, 0.6) is 0 Å². The van der Waals surface area contributed by atoms with Gasteiger partial charge in [0.2, 0.25) is 0 Å². The Kier molecular flexibility index (Phi) is 6.64. The number of carbonyl (C=O) groups excluding carboxylic acids is 2. The lowest BCUT2D eigenvalue weighted by Gasteiger charge is -2.14. The summed E-state index contributed by atoms with van der Waals surface area (Å²) in [6.45, 7) is 3.97. The van der Waals surface area contributed by atoms with E-state index in [2.05, 4.69) is 0 Å². The average Bonchev–Trinajstić information content (AvgIpc) is 2.41. The Morgan fingerprint density at radius 3 is 2.00 bits per heavy atom. The smallest absolute Gasteiger partial charge is 0.320 e. The van der Waals surface area contributed by atoms with Gasteiger partial charge in [0.1, 0.15) is 0 Å². The largest absolute Gasteiger partial charge is 0.465 e. The summed E-state index contributed by atoms with van der Waals surface area (Å²) in [7, 11) is 0. The van der Waals surface area contributed by atoms with Crippen molar-refractivity contribution in [3.63, 3.8) is 0 Å². The molecule has 0 saturated heterocycles. The maximum absolute atomic E-state index is 11.8. The van der Waals surface area contributed by atoms with E-state index < -0.39 is 17.9 Å². The molecule has 0 heterocycles. The van der Waals surface area contributed by atoms with Gasteiger partial charge in [-0.3, -0.25) is 9.59 Å². The molecule has 1 rings (SSSR count). The van der Waals surface area contributed by atoms with Crippen molar-refractivity contribution in [2.45, 2.75) is 26.7 Å². The Balaban J connectivity index is 2.63. The predicted octanol–water partition coefficient (Wildman–Crippen LogP) is 2.36. The Hall–Kier alpha value is -1.84. The fourth-order valence-corrected chi connectivity index (χ4v) is 1.77. The van der Waals surface area contributed by atoms with Gasteiger partial charge in [-0.05, 0) is 32.3 Å². The first kappa shape index (κ1) is 15.2. The summed E-state index contributed by atoms with van der Waals surface area (Å²) in [6.07, 6.45) is 1.05. The average molecular weight is 264 g/mol. The van der Waals surface area contributed by atoms with Crippen LogP contribution in [0.15, 0.2) is 30.3 Å². The second-order valence-electron chi connectivity index (χ2n) is 4.08. The van der Waals surface area contributed by atoms with Crippen LogP contribution in [0.3, 0.4) is 0 Å². The number of hydrogen-bond acceptors (Lipinski definition) is 4. The van der Waals surface area contributed by atoms with Crippen molar-refractivity contribution in [1.29, 1.82) is 0 Å². The number of carbonyl (C=O) groups is 2.